The number of amides is 4. The normalized spacial score (nSPS) is 26.2. The summed E-state index contributed by atoms with van der Waals surface area (Å²) in [6.45, 7) is 4.72. The van der Waals surface area contributed by atoms with Gasteiger partial charge in [-0.2, -0.15) is 0 Å². The maximum absolute atomic E-state index is 12.9. The fraction of sp³-hybridized carbons (Fsp3) is 0.500. The molecule has 2 atom stereocenters. The summed E-state index contributed by atoms with van der Waals surface area (Å²) in [6, 6.07) is 4.14. The number of halogens is 2. The number of nitrogens with zero attached hydrogens (tertiary/aromatic N) is 2. The van der Waals surface area contributed by atoms with Crippen LogP contribution in [0.3, 0.4) is 0 Å². The van der Waals surface area contributed by atoms with Crippen molar-refractivity contribution in [2.45, 2.75) is 32.2 Å². The Morgan fingerprint density at radius 2 is 2.08 bits per heavy atom. The zero-order valence-electron chi connectivity index (χ0n) is 14.7. The van der Waals surface area contributed by atoms with Crippen LogP contribution in [0.5, 0.6) is 0 Å². The number of imide groups is 1. The van der Waals surface area contributed by atoms with Crippen molar-refractivity contribution in [2.75, 3.05) is 19.6 Å². The van der Waals surface area contributed by atoms with Crippen molar-refractivity contribution in [3.05, 3.63) is 33.8 Å². The Hall–Kier alpha value is -1.79. The van der Waals surface area contributed by atoms with E-state index in [0.29, 0.717) is 29.6 Å². The first-order valence-electron chi connectivity index (χ1n) is 8.60. The summed E-state index contributed by atoms with van der Waals surface area (Å²) in [5, 5.41) is 3.38. The summed E-state index contributed by atoms with van der Waals surface area (Å²) in [7, 11) is 0. The van der Waals surface area contributed by atoms with E-state index in [9.17, 15) is 14.4 Å². The van der Waals surface area contributed by atoms with E-state index in [1.54, 1.807) is 24.0 Å². The van der Waals surface area contributed by atoms with Crippen molar-refractivity contribution >= 4 is 41.0 Å². The molecular formula is C18H21Cl2N3O3. The zero-order valence-corrected chi connectivity index (χ0v) is 16.2. The van der Waals surface area contributed by atoms with Crippen molar-refractivity contribution in [3.8, 4) is 0 Å². The Morgan fingerprint density at radius 3 is 2.73 bits per heavy atom. The lowest BCUT2D eigenvalue weighted by molar-refractivity contribution is -0.139. The molecule has 4 amide bonds. The minimum absolute atomic E-state index is 0.216. The fourth-order valence-electron chi connectivity index (χ4n) is 3.57. The van der Waals surface area contributed by atoms with Gasteiger partial charge in [-0.15, -0.1) is 0 Å². The summed E-state index contributed by atoms with van der Waals surface area (Å²) < 4.78 is 0. The number of carbonyl (C=O) groups excluding carboxylic acids is 3. The van der Waals surface area contributed by atoms with E-state index >= 15 is 0 Å². The highest BCUT2D eigenvalue weighted by Gasteiger charge is 2.50. The van der Waals surface area contributed by atoms with Crippen LogP contribution >= 0.6 is 23.2 Å². The molecule has 0 saturated carbocycles. The summed E-state index contributed by atoms with van der Waals surface area (Å²) in [6.07, 6.45) is 2.02. The van der Waals surface area contributed by atoms with Gasteiger partial charge in [0.1, 0.15) is 12.1 Å². The predicted molar refractivity (Wildman–Crippen MR) is 99.0 cm³/mol. The molecule has 2 aliphatic heterocycles. The zero-order chi connectivity index (χ0) is 19.1. The van der Waals surface area contributed by atoms with Crippen LogP contribution in [0.1, 0.15) is 32.3 Å². The van der Waals surface area contributed by atoms with Crippen LogP contribution in [-0.2, 0) is 15.1 Å². The lowest BCUT2D eigenvalue weighted by atomic mass is 9.92. The van der Waals surface area contributed by atoms with E-state index in [0.717, 1.165) is 17.7 Å². The number of hydrogen-bond acceptors (Lipinski definition) is 3. The monoisotopic (exact) mass is 397 g/mol. The molecule has 1 aromatic carbocycles. The third kappa shape index (κ3) is 3.40. The predicted octanol–water partition coefficient (Wildman–Crippen LogP) is 3.02. The van der Waals surface area contributed by atoms with E-state index in [1.807, 2.05) is 0 Å². The van der Waals surface area contributed by atoms with Crippen LogP contribution in [0, 0.1) is 5.92 Å². The van der Waals surface area contributed by atoms with Gasteiger partial charge >= 0.3 is 6.03 Å². The minimum Gasteiger partial charge on any atom is -0.341 e. The second kappa shape index (κ2) is 7.08. The molecule has 1 N–H and O–H groups in total. The third-order valence-electron chi connectivity index (χ3n) is 5.05. The van der Waals surface area contributed by atoms with E-state index in [2.05, 4.69) is 12.2 Å². The topological polar surface area (TPSA) is 69.7 Å². The number of rotatable bonds is 3. The molecule has 0 radical (unpaired) electrons. The maximum atomic E-state index is 12.9. The number of likely N-dealkylation sites (tertiary alicyclic amines) is 1. The molecule has 3 rings (SSSR count). The Morgan fingerprint density at radius 1 is 1.35 bits per heavy atom. The lowest BCUT2D eigenvalue weighted by Gasteiger charge is -2.32. The van der Waals surface area contributed by atoms with Gasteiger partial charge in [-0.25, -0.2) is 4.79 Å². The molecule has 0 bridgehead atoms. The maximum Gasteiger partial charge on any atom is 0.325 e. The second-order valence-corrected chi connectivity index (χ2v) is 8.00. The van der Waals surface area contributed by atoms with Crippen molar-refractivity contribution < 1.29 is 14.4 Å². The number of hydrogen-bond donors (Lipinski definition) is 1. The highest BCUT2D eigenvalue weighted by Crippen LogP contribution is 2.35. The summed E-state index contributed by atoms with van der Waals surface area (Å²) in [4.78, 5) is 40.6. The lowest BCUT2D eigenvalue weighted by Crippen LogP contribution is -2.47. The molecule has 1 aromatic rings. The highest BCUT2D eigenvalue weighted by molar-refractivity contribution is 6.35. The van der Waals surface area contributed by atoms with Crippen molar-refractivity contribution in [1.82, 2.24) is 15.1 Å². The molecule has 2 aliphatic rings. The smallest absolute Gasteiger partial charge is 0.325 e. The van der Waals surface area contributed by atoms with Crippen LogP contribution in [-0.4, -0.2) is 47.3 Å². The van der Waals surface area contributed by atoms with Gasteiger partial charge in [0, 0.05) is 28.7 Å². The van der Waals surface area contributed by atoms with E-state index < -0.39 is 17.5 Å². The molecule has 26 heavy (non-hydrogen) atoms. The minimum atomic E-state index is -1.33. The van der Waals surface area contributed by atoms with Gasteiger partial charge < -0.3 is 10.2 Å². The van der Waals surface area contributed by atoms with Gasteiger partial charge in [-0.1, -0.05) is 36.2 Å². The van der Waals surface area contributed by atoms with Gasteiger partial charge in [0.15, 0.2) is 0 Å². The summed E-state index contributed by atoms with van der Waals surface area (Å²) >= 11 is 12.1. The summed E-state index contributed by atoms with van der Waals surface area (Å²) in [5.74, 6) is -0.287. The van der Waals surface area contributed by atoms with E-state index in [-0.39, 0.29) is 17.5 Å². The molecule has 0 aromatic heterocycles. The molecule has 2 heterocycles. The average molecular weight is 398 g/mol. The second-order valence-electron chi connectivity index (χ2n) is 7.16. The Kier molecular flexibility index (Phi) is 5.17. The van der Waals surface area contributed by atoms with Crippen LogP contribution in [0.25, 0.3) is 0 Å². The largest absolute Gasteiger partial charge is 0.341 e. The molecule has 6 nitrogen and oxygen atoms in total. The van der Waals surface area contributed by atoms with E-state index in [1.165, 1.54) is 6.07 Å². The van der Waals surface area contributed by atoms with Gasteiger partial charge in [0.25, 0.3) is 5.91 Å². The van der Waals surface area contributed by atoms with Crippen LogP contribution < -0.4 is 5.32 Å². The van der Waals surface area contributed by atoms with Crippen LogP contribution in [0.4, 0.5) is 4.79 Å². The molecule has 8 heteroatoms. The number of carbonyl (C=O) groups is 3. The van der Waals surface area contributed by atoms with Crippen molar-refractivity contribution in [1.29, 1.82) is 0 Å². The standard InChI is InChI=1S/C18H21Cl2N3O3/c1-11-4-3-7-22(9-11)15(24)10-23-16(25)18(2,21-17(23)26)13-6-5-12(19)8-14(13)20/h5-6,8,11H,3-4,7,9-10H2,1-2H3,(H,21,26)/t11-,18+/m1/s1. The van der Waals surface area contributed by atoms with Crippen LogP contribution in [0.2, 0.25) is 10.0 Å². The Labute approximate surface area is 162 Å². The highest BCUT2D eigenvalue weighted by atomic mass is 35.5. The molecule has 2 saturated heterocycles. The average Bonchev–Trinajstić information content (AvgIpc) is 2.78. The van der Waals surface area contributed by atoms with Gasteiger partial charge in [-0.05, 0) is 37.8 Å². The number of urea groups is 1. The van der Waals surface area contributed by atoms with E-state index in [4.69, 9.17) is 23.2 Å². The molecule has 0 aliphatic carbocycles. The first-order valence-corrected chi connectivity index (χ1v) is 9.35. The molecule has 140 valence electrons. The first-order chi connectivity index (χ1) is 12.2. The molecular weight excluding hydrogens is 377 g/mol. The Balaban J connectivity index is 1.79. The van der Waals surface area contributed by atoms with Crippen molar-refractivity contribution in [3.63, 3.8) is 0 Å². The fourth-order valence-corrected chi connectivity index (χ4v) is 4.17. The van der Waals surface area contributed by atoms with Gasteiger partial charge in [-0.3, -0.25) is 14.5 Å². The number of benzene rings is 1. The SMILES string of the molecule is C[C@@H]1CCCN(C(=O)CN2C(=O)N[C@@](C)(c3ccc(Cl)cc3Cl)C2=O)C1. The molecule has 2 fully saturated rings. The number of piperidine rings is 1. The molecule has 0 spiro atoms. The summed E-state index contributed by atoms with van der Waals surface area (Å²) in [5.41, 5.74) is -0.878. The third-order valence-corrected chi connectivity index (χ3v) is 5.60. The number of nitrogens with one attached hydrogen (secondary N) is 1. The quantitative estimate of drug-likeness (QED) is 0.796. The Bertz CT molecular complexity index is 770. The molecule has 0 unspecified atom stereocenters. The van der Waals surface area contributed by atoms with Crippen molar-refractivity contribution in [2.24, 2.45) is 5.92 Å². The first kappa shape index (κ1) is 19.0. The van der Waals surface area contributed by atoms with Gasteiger partial charge in [0.05, 0.1) is 0 Å². The van der Waals surface area contributed by atoms with Crippen LogP contribution in [0.15, 0.2) is 18.2 Å². The van der Waals surface area contributed by atoms with Gasteiger partial charge in [0.2, 0.25) is 5.91 Å².